The zero-order valence-corrected chi connectivity index (χ0v) is 7.86. The van der Waals surface area contributed by atoms with Gasteiger partial charge in [-0.1, -0.05) is 0 Å². The van der Waals surface area contributed by atoms with E-state index in [1.54, 1.807) is 0 Å². The van der Waals surface area contributed by atoms with Crippen LogP contribution in [0.1, 0.15) is 20.3 Å². The Kier molecular flexibility index (Phi) is 1.54. The van der Waals surface area contributed by atoms with Crippen LogP contribution < -0.4 is 0 Å². The molecule has 0 aromatic heterocycles. The van der Waals surface area contributed by atoms with Gasteiger partial charge in [0, 0.05) is 6.42 Å². The minimum Gasteiger partial charge on any atom is -0.370 e. The molecule has 0 aliphatic carbocycles. The Labute approximate surface area is 77.1 Å². The van der Waals surface area contributed by atoms with Gasteiger partial charge in [0.05, 0.1) is 12.7 Å². The van der Waals surface area contributed by atoms with E-state index in [-0.39, 0.29) is 18.5 Å². The molecule has 4 nitrogen and oxygen atoms in total. The lowest BCUT2D eigenvalue weighted by atomic mass is 10.1. The second-order valence-electron chi connectivity index (χ2n) is 4.32. The lowest BCUT2D eigenvalue weighted by molar-refractivity contribution is -0.206. The molecule has 4 heteroatoms. The number of hydrogen-bond donors (Lipinski definition) is 0. The first-order valence-electron chi connectivity index (χ1n) is 4.77. The molecule has 74 valence electrons. The van der Waals surface area contributed by atoms with Crippen molar-refractivity contribution in [3.8, 4) is 0 Å². The summed E-state index contributed by atoms with van der Waals surface area (Å²) >= 11 is 0. The highest BCUT2D eigenvalue weighted by Gasteiger charge is 2.52. The van der Waals surface area contributed by atoms with Crippen molar-refractivity contribution < 1.29 is 18.9 Å². The molecule has 1 unspecified atom stereocenters. The van der Waals surface area contributed by atoms with Crippen molar-refractivity contribution in [3.63, 3.8) is 0 Å². The summed E-state index contributed by atoms with van der Waals surface area (Å²) in [5.74, 6) is -0.481. The third-order valence-electron chi connectivity index (χ3n) is 2.69. The Morgan fingerprint density at radius 2 is 1.85 bits per heavy atom. The summed E-state index contributed by atoms with van der Waals surface area (Å²) in [6.45, 7) is 4.65. The average Bonchev–Trinajstić information content (AvgIpc) is 2.71. The fourth-order valence-electron chi connectivity index (χ4n) is 2.04. The summed E-state index contributed by atoms with van der Waals surface area (Å²) in [4.78, 5) is 0. The minimum atomic E-state index is -0.481. The van der Waals surface area contributed by atoms with E-state index in [1.165, 1.54) is 0 Å². The van der Waals surface area contributed by atoms with Gasteiger partial charge < -0.3 is 18.9 Å². The molecule has 0 N–H and O–H groups in total. The molecule has 0 aromatic rings. The Morgan fingerprint density at radius 3 is 2.46 bits per heavy atom. The predicted octanol–water partition coefficient (Wildman–Crippen LogP) is 0.652. The molecule has 0 radical (unpaired) electrons. The largest absolute Gasteiger partial charge is 0.370 e. The molecule has 3 aliphatic rings. The van der Waals surface area contributed by atoms with E-state index in [9.17, 15) is 0 Å². The molecular weight excluding hydrogens is 172 g/mol. The number of epoxide rings is 1. The molecule has 4 atom stereocenters. The third kappa shape index (κ3) is 1.38. The van der Waals surface area contributed by atoms with Crippen LogP contribution in [0.25, 0.3) is 0 Å². The van der Waals surface area contributed by atoms with Gasteiger partial charge >= 0.3 is 0 Å². The summed E-state index contributed by atoms with van der Waals surface area (Å²) in [5, 5.41) is 0. The lowest BCUT2D eigenvalue weighted by Gasteiger charge is -2.19. The van der Waals surface area contributed by atoms with Gasteiger partial charge in [0.1, 0.15) is 12.2 Å². The van der Waals surface area contributed by atoms with E-state index >= 15 is 0 Å². The van der Waals surface area contributed by atoms with Crippen LogP contribution in [0.15, 0.2) is 0 Å². The monoisotopic (exact) mass is 186 g/mol. The third-order valence-corrected chi connectivity index (χ3v) is 2.69. The van der Waals surface area contributed by atoms with E-state index in [0.29, 0.717) is 6.10 Å². The molecule has 13 heavy (non-hydrogen) atoms. The van der Waals surface area contributed by atoms with Crippen molar-refractivity contribution in [2.75, 3.05) is 6.61 Å². The molecular formula is C9H14O4. The molecule has 3 fully saturated rings. The molecule has 0 saturated carbocycles. The maximum absolute atomic E-state index is 5.68. The van der Waals surface area contributed by atoms with E-state index in [2.05, 4.69) is 0 Å². The summed E-state index contributed by atoms with van der Waals surface area (Å²) in [6, 6.07) is 0. The maximum Gasteiger partial charge on any atom is 0.187 e. The topological polar surface area (TPSA) is 40.2 Å². The molecule has 3 saturated heterocycles. The van der Waals surface area contributed by atoms with Gasteiger partial charge in [-0.05, 0) is 13.8 Å². The van der Waals surface area contributed by atoms with E-state index in [4.69, 9.17) is 18.9 Å². The second kappa shape index (κ2) is 2.45. The van der Waals surface area contributed by atoms with Gasteiger partial charge in [-0.25, -0.2) is 0 Å². The van der Waals surface area contributed by atoms with Gasteiger partial charge in [0.15, 0.2) is 12.1 Å². The minimum absolute atomic E-state index is 0.101. The van der Waals surface area contributed by atoms with Crippen LogP contribution in [-0.4, -0.2) is 37.0 Å². The van der Waals surface area contributed by atoms with E-state index < -0.39 is 5.79 Å². The van der Waals surface area contributed by atoms with Crippen LogP contribution >= 0.6 is 0 Å². The molecule has 0 bridgehead atoms. The van der Waals surface area contributed by atoms with Crippen LogP contribution in [-0.2, 0) is 18.9 Å². The molecule has 3 rings (SSSR count). The van der Waals surface area contributed by atoms with Crippen molar-refractivity contribution in [1.82, 2.24) is 0 Å². The molecule has 3 aliphatic heterocycles. The van der Waals surface area contributed by atoms with Crippen molar-refractivity contribution in [2.24, 2.45) is 0 Å². The first-order valence-corrected chi connectivity index (χ1v) is 4.77. The summed E-state index contributed by atoms with van der Waals surface area (Å²) < 4.78 is 22.1. The predicted molar refractivity (Wildman–Crippen MR) is 43.1 cm³/mol. The van der Waals surface area contributed by atoms with Crippen LogP contribution in [0.2, 0.25) is 0 Å². The Hall–Kier alpha value is -0.160. The van der Waals surface area contributed by atoms with Crippen molar-refractivity contribution in [2.45, 2.75) is 50.7 Å². The smallest absolute Gasteiger partial charge is 0.187 e. The van der Waals surface area contributed by atoms with E-state index in [1.807, 2.05) is 13.8 Å². The van der Waals surface area contributed by atoms with Crippen LogP contribution in [0, 0.1) is 0 Å². The van der Waals surface area contributed by atoms with Gasteiger partial charge in [0.25, 0.3) is 0 Å². The normalized spacial score (nSPS) is 52.2. The zero-order chi connectivity index (χ0) is 9.05. The average molecular weight is 186 g/mol. The molecule has 0 aromatic carbocycles. The first kappa shape index (κ1) is 8.17. The second-order valence-corrected chi connectivity index (χ2v) is 4.32. The van der Waals surface area contributed by atoms with Gasteiger partial charge in [-0.2, -0.15) is 0 Å². The molecule has 0 amide bonds. The maximum atomic E-state index is 5.68. The van der Waals surface area contributed by atoms with Crippen LogP contribution in [0.3, 0.4) is 0 Å². The SMILES string of the molecule is CC1(C)O[C@H]2OC([C@H]3CO3)C[C@H]2O1. The fraction of sp³-hybridized carbons (Fsp3) is 1.00. The number of rotatable bonds is 1. The highest BCUT2D eigenvalue weighted by Crippen LogP contribution is 2.39. The van der Waals surface area contributed by atoms with Crippen molar-refractivity contribution in [3.05, 3.63) is 0 Å². The summed E-state index contributed by atoms with van der Waals surface area (Å²) in [7, 11) is 0. The van der Waals surface area contributed by atoms with Crippen molar-refractivity contribution in [1.29, 1.82) is 0 Å². The molecule has 0 spiro atoms. The summed E-state index contributed by atoms with van der Waals surface area (Å²) in [6.07, 6.45) is 1.30. The molecule has 3 heterocycles. The highest BCUT2D eigenvalue weighted by atomic mass is 16.8. The van der Waals surface area contributed by atoms with E-state index in [0.717, 1.165) is 13.0 Å². The van der Waals surface area contributed by atoms with Gasteiger partial charge in [-0.15, -0.1) is 0 Å². The first-order chi connectivity index (χ1) is 6.14. The highest BCUT2D eigenvalue weighted by molar-refractivity contribution is 4.92. The Bertz CT molecular complexity index is 208. The number of ether oxygens (including phenoxy) is 4. The van der Waals surface area contributed by atoms with Crippen molar-refractivity contribution >= 4 is 0 Å². The standard InChI is InChI=1S/C9H14O4/c1-9(2)12-6-3-5(7-4-10-7)11-8(6)13-9/h5-8H,3-4H2,1-2H3/t5?,6-,7-,8-/m1/s1. The Balaban J connectivity index is 1.66. The zero-order valence-electron chi connectivity index (χ0n) is 7.86. The Morgan fingerprint density at radius 1 is 1.08 bits per heavy atom. The van der Waals surface area contributed by atoms with Crippen LogP contribution in [0.5, 0.6) is 0 Å². The van der Waals surface area contributed by atoms with Crippen LogP contribution in [0.4, 0.5) is 0 Å². The summed E-state index contributed by atoms with van der Waals surface area (Å²) in [5.41, 5.74) is 0. The van der Waals surface area contributed by atoms with Gasteiger partial charge in [0.2, 0.25) is 0 Å². The number of hydrogen-bond acceptors (Lipinski definition) is 4. The number of fused-ring (bicyclic) bond motifs is 1. The lowest BCUT2D eigenvalue weighted by Crippen LogP contribution is -2.26. The fourth-order valence-corrected chi connectivity index (χ4v) is 2.04. The quantitative estimate of drug-likeness (QED) is 0.564. The van der Waals surface area contributed by atoms with Gasteiger partial charge in [-0.3, -0.25) is 0 Å².